The molecule has 8 nitrogen and oxygen atoms in total. The Bertz CT molecular complexity index is 1090. The number of amides is 3. The van der Waals surface area contributed by atoms with Crippen LogP contribution in [0.2, 0.25) is 0 Å². The number of aliphatic hydroxyl groups excluding tert-OH is 1. The molecular weight excluding hydrogens is 484 g/mol. The molecule has 2 atom stereocenters. The number of nitrogens with zero attached hydrogens (tertiary/aromatic N) is 1. The highest BCUT2D eigenvalue weighted by molar-refractivity contribution is 5.97. The summed E-state index contributed by atoms with van der Waals surface area (Å²) in [4.78, 5) is 39.1. The van der Waals surface area contributed by atoms with E-state index in [0.29, 0.717) is 41.5 Å². The van der Waals surface area contributed by atoms with Gasteiger partial charge in [0.05, 0.1) is 19.1 Å². The molecule has 0 unspecified atom stereocenters. The zero-order valence-electron chi connectivity index (χ0n) is 21.6. The van der Waals surface area contributed by atoms with E-state index in [4.69, 9.17) is 0 Å². The van der Waals surface area contributed by atoms with Crippen LogP contribution >= 0.6 is 0 Å². The summed E-state index contributed by atoms with van der Waals surface area (Å²) < 4.78 is 27.8. The lowest BCUT2D eigenvalue weighted by molar-refractivity contribution is -0.149. The van der Waals surface area contributed by atoms with Crippen LogP contribution < -0.4 is 10.6 Å². The van der Waals surface area contributed by atoms with Gasteiger partial charge in [-0.1, -0.05) is 43.3 Å². The number of aliphatic hydroxyl groups is 1. The van der Waals surface area contributed by atoms with Gasteiger partial charge in [0, 0.05) is 24.6 Å². The first-order chi connectivity index (χ1) is 17.3. The number of phenols is 1. The molecule has 0 bridgehead atoms. The molecule has 4 N–H and O–H groups in total. The van der Waals surface area contributed by atoms with Gasteiger partial charge in [-0.25, -0.2) is 8.78 Å². The van der Waals surface area contributed by atoms with Crippen molar-refractivity contribution in [1.29, 1.82) is 0 Å². The molecule has 2 aromatic carbocycles. The molecule has 2 rings (SSSR count). The van der Waals surface area contributed by atoms with Crippen LogP contribution in [-0.2, 0) is 16.0 Å². The average Bonchev–Trinajstić information content (AvgIpc) is 2.84. The van der Waals surface area contributed by atoms with Gasteiger partial charge in [0.25, 0.3) is 17.7 Å². The van der Waals surface area contributed by atoms with Gasteiger partial charge < -0.3 is 25.7 Å². The monoisotopic (exact) mass is 519 g/mol. The fourth-order valence-electron chi connectivity index (χ4n) is 3.84. The number of phenolic OH excluding ortho intramolecular Hbond substituents is 1. The number of hydrogen-bond donors (Lipinski definition) is 4. The number of benzene rings is 2. The van der Waals surface area contributed by atoms with Gasteiger partial charge in [-0.2, -0.15) is 0 Å². The van der Waals surface area contributed by atoms with E-state index < -0.39 is 48.9 Å². The lowest BCUT2D eigenvalue weighted by Gasteiger charge is -2.31. The zero-order valence-corrected chi connectivity index (χ0v) is 21.6. The summed E-state index contributed by atoms with van der Waals surface area (Å²) in [5, 5.41) is 26.4. The van der Waals surface area contributed by atoms with Gasteiger partial charge in [0.1, 0.15) is 5.75 Å². The molecule has 0 saturated heterocycles. The largest absolute Gasteiger partial charge is 0.507 e. The Labute approximate surface area is 215 Å². The third-order valence-electron chi connectivity index (χ3n) is 5.81. The van der Waals surface area contributed by atoms with Gasteiger partial charge in [0.15, 0.2) is 6.10 Å². The van der Waals surface area contributed by atoms with Crippen LogP contribution in [0.4, 0.5) is 8.78 Å². The van der Waals surface area contributed by atoms with Gasteiger partial charge in [0.2, 0.25) is 5.91 Å². The van der Waals surface area contributed by atoms with Crippen LogP contribution in [0.1, 0.15) is 47.3 Å². The Hall–Kier alpha value is -3.53. The second-order valence-electron chi connectivity index (χ2n) is 9.23. The van der Waals surface area contributed by atoms with Gasteiger partial charge >= 0.3 is 0 Å². The third kappa shape index (κ3) is 8.82. The topological polar surface area (TPSA) is 119 Å². The van der Waals surface area contributed by atoms with Crippen LogP contribution in [0.5, 0.6) is 5.75 Å². The van der Waals surface area contributed by atoms with Crippen LogP contribution in [0.15, 0.2) is 42.5 Å². The highest BCUT2D eigenvalue weighted by Gasteiger charge is 2.36. The minimum absolute atomic E-state index is 0.00870. The average molecular weight is 520 g/mol. The molecule has 0 fully saturated rings. The standard InChI is InChI=1S/C27H35F2N3O5/c1-5-13-30-22(33)15-32(16-27(4,28)29)26(37)24(35)21(14-19-9-7-6-8-10-19)31-25(36)20-12-11-17(2)23(34)18(20)3/h6-12,21,24,34-35H,5,13-16H2,1-4H3,(H,30,33)(H,31,36)/t21-,24-/m0/s1. The molecule has 10 heteroatoms. The maximum absolute atomic E-state index is 13.9. The summed E-state index contributed by atoms with van der Waals surface area (Å²) in [6.07, 6.45) is -1.30. The Morgan fingerprint density at radius 3 is 2.32 bits per heavy atom. The second kappa shape index (κ2) is 13.1. The molecule has 202 valence electrons. The maximum atomic E-state index is 13.9. The number of aromatic hydroxyl groups is 1. The summed E-state index contributed by atoms with van der Waals surface area (Å²) in [7, 11) is 0. The van der Waals surface area contributed by atoms with E-state index in [2.05, 4.69) is 10.6 Å². The number of carbonyl (C=O) groups excluding carboxylic acids is 3. The highest BCUT2D eigenvalue weighted by atomic mass is 19.3. The first-order valence-corrected chi connectivity index (χ1v) is 12.1. The molecule has 0 aliphatic heterocycles. The van der Waals surface area contributed by atoms with Crippen molar-refractivity contribution in [3.05, 3.63) is 64.7 Å². The summed E-state index contributed by atoms with van der Waals surface area (Å²) in [6, 6.07) is 10.6. The van der Waals surface area contributed by atoms with Crippen LogP contribution in [0.25, 0.3) is 0 Å². The van der Waals surface area contributed by atoms with E-state index in [1.54, 1.807) is 50.2 Å². The number of nitrogens with one attached hydrogen (secondary N) is 2. The van der Waals surface area contributed by atoms with Crippen molar-refractivity contribution in [2.45, 2.75) is 58.6 Å². The van der Waals surface area contributed by atoms with E-state index in [1.165, 1.54) is 6.07 Å². The Morgan fingerprint density at radius 2 is 1.73 bits per heavy atom. The van der Waals surface area contributed by atoms with Crippen molar-refractivity contribution >= 4 is 17.7 Å². The summed E-state index contributed by atoms with van der Waals surface area (Å²) in [6.45, 7) is 4.22. The predicted octanol–water partition coefficient (Wildman–Crippen LogP) is 2.72. The normalized spacial score (nSPS) is 12.9. The Balaban J connectivity index is 2.35. The van der Waals surface area contributed by atoms with E-state index in [9.17, 15) is 33.4 Å². The molecular formula is C27H35F2N3O5. The van der Waals surface area contributed by atoms with Crippen molar-refractivity contribution in [3.63, 3.8) is 0 Å². The van der Waals surface area contributed by atoms with Crippen LogP contribution in [-0.4, -0.2) is 70.5 Å². The minimum Gasteiger partial charge on any atom is -0.507 e. The molecule has 2 aromatic rings. The molecule has 0 aliphatic rings. The molecule has 0 saturated carbocycles. The first kappa shape index (κ1) is 29.7. The predicted molar refractivity (Wildman–Crippen MR) is 135 cm³/mol. The molecule has 0 heterocycles. The second-order valence-corrected chi connectivity index (χ2v) is 9.23. The molecule has 37 heavy (non-hydrogen) atoms. The molecule has 0 radical (unpaired) electrons. The summed E-state index contributed by atoms with van der Waals surface area (Å²) in [5.74, 6) is -5.79. The van der Waals surface area contributed by atoms with E-state index >= 15 is 0 Å². The fraction of sp³-hybridized carbons (Fsp3) is 0.444. The van der Waals surface area contributed by atoms with E-state index in [1.807, 2.05) is 6.92 Å². The van der Waals surface area contributed by atoms with Crippen molar-refractivity contribution in [3.8, 4) is 5.75 Å². The molecule has 3 amide bonds. The number of halogens is 2. The third-order valence-corrected chi connectivity index (χ3v) is 5.81. The van der Waals surface area contributed by atoms with Gasteiger partial charge in [-0.3, -0.25) is 14.4 Å². The lowest BCUT2D eigenvalue weighted by Crippen LogP contribution is -2.55. The van der Waals surface area contributed by atoms with Crippen molar-refractivity contribution in [2.75, 3.05) is 19.6 Å². The van der Waals surface area contributed by atoms with Crippen molar-refractivity contribution < 1.29 is 33.4 Å². The van der Waals surface area contributed by atoms with Gasteiger partial charge in [-0.05, 0) is 43.9 Å². The van der Waals surface area contributed by atoms with Crippen LogP contribution in [0.3, 0.4) is 0 Å². The number of aryl methyl sites for hydroxylation is 1. The number of hydrogen-bond acceptors (Lipinski definition) is 5. The molecule has 0 aromatic heterocycles. The Kier molecular flexibility index (Phi) is 10.5. The van der Waals surface area contributed by atoms with Crippen molar-refractivity contribution in [2.24, 2.45) is 0 Å². The van der Waals surface area contributed by atoms with Crippen LogP contribution in [0, 0.1) is 13.8 Å². The zero-order chi connectivity index (χ0) is 27.8. The molecule has 0 aliphatic carbocycles. The number of alkyl halides is 2. The van der Waals surface area contributed by atoms with Crippen molar-refractivity contribution in [1.82, 2.24) is 15.5 Å². The number of rotatable bonds is 12. The first-order valence-electron chi connectivity index (χ1n) is 12.1. The highest BCUT2D eigenvalue weighted by Crippen LogP contribution is 2.25. The Morgan fingerprint density at radius 1 is 1.08 bits per heavy atom. The smallest absolute Gasteiger partial charge is 0.262 e. The lowest BCUT2D eigenvalue weighted by atomic mass is 9.98. The summed E-state index contributed by atoms with van der Waals surface area (Å²) in [5.41, 5.74) is 1.70. The minimum atomic E-state index is -3.32. The SMILES string of the molecule is CCCNC(=O)CN(CC(C)(F)F)C(=O)[C@@H](O)[C@H](Cc1ccccc1)NC(=O)c1ccc(C)c(O)c1C. The van der Waals surface area contributed by atoms with E-state index in [0.717, 1.165) is 0 Å². The number of carbonyl (C=O) groups is 3. The maximum Gasteiger partial charge on any atom is 0.262 e. The van der Waals surface area contributed by atoms with E-state index in [-0.39, 0.29) is 17.7 Å². The molecule has 0 spiro atoms. The summed E-state index contributed by atoms with van der Waals surface area (Å²) >= 11 is 0. The quantitative estimate of drug-likeness (QED) is 0.344. The fourth-order valence-corrected chi connectivity index (χ4v) is 3.84. The van der Waals surface area contributed by atoms with Gasteiger partial charge in [-0.15, -0.1) is 0 Å².